The van der Waals surface area contributed by atoms with Gasteiger partial charge >= 0.3 is 5.63 Å². The number of hydrogen-bond acceptors (Lipinski definition) is 6. The zero-order valence-corrected chi connectivity index (χ0v) is 13.9. The predicted octanol–water partition coefficient (Wildman–Crippen LogP) is 0.865. The minimum atomic E-state index is -3.09. The predicted molar refractivity (Wildman–Crippen MR) is 87.8 cm³/mol. The lowest BCUT2D eigenvalue weighted by molar-refractivity contribution is -0.124. The molecule has 1 aromatic carbocycles. The Balaban J connectivity index is 1.63. The Morgan fingerprint density at radius 1 is 1.33 bits per heavy atom. The standard InChI is InChI=1S/C16H17NO6S/c1-16(6-7-24(20,21)10-16)17-14(18)9-22-12-4-2-11-3-5-15(19)23-13(11)8-12/h2-5,8H,6-7,9-10H2,1H3,(H,17,18)/t16-/m1/s1. The first-order valence-electron chi connectivity index (χ1n) is 7.43. The van der Waals surface area contributed by atoms with Crippen LogP contribution >= 0.6 is 0 Å². The van der Waals surface area contributed by atoms with Gasteiger partial charge in [0.1, 0.15) is 11.3 Å². The van der Waals surface area contributed by atoms with Crippen molar-refractivity contribution in [1.29, 1.82) is 0 Å². The number of carbonyl (C=O) groups is 1. The molecule has 1 N–H and O–H groups in total. The molecule has 0 spiro atoms. The summed E-state index contributed by atoms with van der Waals surface area (Å²) in [4.78, 5) is 23.2. The van der Waals surface area contributed by atoms with Gasteiger partial charge in [0, 0.05) is 17.5 Å². The third kappa shape index (κ3) is 3.76. The Kier molecular flexibility index (Phi) is 4.08. The van der Waals surface area contributed by atoms with Crippen LogP contribution in [-0.2, 0) is 14.6 Å². The maximum absolute atomic E-state index is 12.0. The van der Waals surface area contributed by atoms with Crippen molar-refractivity contribution in [2.24, 2.45) is 0 Å². The van der Waals surface area contributed by atoms with Crippen LogP contribution in [0.3, 0.4) is 0 Å². The molecule has 0 unspecified atom stereocenters. The van der Waals surface area contributed by atoms with Crippen LogP contribution < -0.4 is 15.7 Å². The number of sulfone groups is 1. The van der Waals surface area contributed by atoms with Crippen LogP contribution in [-0.4, -0.2) is 38.0 Å². The van der Waals surface area contributed by atoms with Crippen LogP contribution in [0.1, 0.15) is 13.3 Å². The topological polar surface area (TPSA) is 103 Å². The van der Waals surface area contributed by atoms with Gasteiger partial charge in [-0.15, -0.1) is 0 Å². The fourth-order valence-corrected chi connectivity index (χ4v) is 4.85. The molecule has 1 saturated heterocycles. The maximum Gasteiger partial charge on any atom is 0.336 e. The van der Waals surface area contributed by atoms with Crippen molar-refractivity contribution in [3.05, 3.63) is 40.8 Å². The van der Waals surface area contributed by atoms with E-state index in [4.69, 9.17) is 9.15 Å². The molecule has 1 aliphatic heterocycles. The molecule has 2 aromatic rings. The van der Waals surface area contributed by atoms with Gasteiger partial charge in [0.15, 0.2) is 16.4 Å². The summed E-state index contributed by atoms with van der Waals surface area (Å²) in [5, 5.41) is 3.46. The van der Waals surface area contributed by atoms with E-state index in [1.165, 1.54) is 12.1 Å². The molecule has 1 aromatic heterocycles. The highest BCUT2D eigenvalue weighted by Gasteiger charge is 2.39. The van der Waals surface area contributed by atoms with Gasteiger partial charge in [0.25, 0.3) is 5.91 Å². The summed E-state index contributed by atoms with van der Waals surface area (Å²) in [6, 6.07) is 7.88. The number of nitrogens with one attached hydrogen (secondary N) is 1. The number of carbonyl (C=O) groups excluding carboxylic acids is 1. The van der Waals surface area contributed by atoms with Gasteiger partial charge in [-0.05, 0) is 31.5 Å². The Labute approximate surface area is 138 Å². The van der Waals surface area contributed by atoms with Gasteiger partial charge in [-0.25, -0.2) is 13.2 Å². The van der Waals surface area contributed by atoms with Crippen molar-refractivity contribution in [3.63, 3.8) is 0 Å². The summed E-state index contributed by atoms with van der Waals surface area (Å²) >= 11 is 0. The summed E-state index contributed by atoms with van der Waals surface area (Å²) in [5.41, 5.74) is -0.850. The zero-order valence-electron chi connectivity index (χ0n) is 13.1. The van der Waals surface area contributed by atoms with Gasteiger partial charge in [-0.2, -0.15) is 0 Å². The Hall–Kier alpha value is -2.35. The van der Waals surface area contributed by atoms with E-state index in [1.54, 1.807) is 25.1 Å². The smallest absolute Gasteiger partial charge is 0.336 e. The van der Waals surface area contributed by atoms with E-state index in [1.807, 2.05) is 0 Å². The number of rotatable bonds is 4. The third-order valence-corrected chi connectivity index (χ3v) is 5.81. The second kappa shape index (κ2) is 5.94. The van der Waals surface area contributed by atoms with E-state index in [9.17, 15) is 18.0 Å². The number of fused-ring (bicyclic) bond motifs is 1. The van der Waals surface area contributed by atoms with Crippen molar-refractivity contribution in [1.82, 2.24) is 5.32 Å². The lowest BCUT2D eigenvalue weighted by Crippen LogP contribution is -2.48. The Morgan fingerprint density at radius 2 is 2.08 bits per heavy atom. The van der Waals surface area contributed by atoms with E-state index in [2.05, 4.69) is 5.32 Å². The van der Waals surface area contributed by atoms with Gasteiger partial charge in [0.05, 0.1) is 17.0 Å². The van der Waals surface area contributed by atoms with Crippen molar-refractivity contribution in [2.75, 3.05) is 18.1 Å². The maximum atomic E-state index is 12.0. The van der Waals surface area contributed by atoms with Crippen LogP contribution in [0.5, 0.6) is 5.75 Å². The first-order valence-corrected chi connectivity index (χ1v) is 9.25. The highest BCUT2D eigenvalue weighted by molar-refractivity contribution is 7.91. The molecule has 128 valence electrons. The summed E-state index contributed by atoms with van der Waals surface area (Å²) in [6.07, 6.45) is 0.391. The summed E-state index contributed by atoms with van der Waals surface area (Å²) in [7, 11) is -3.09. The molecular weight excluding hydrogens is 334 g/mol. The number of benzene rings is 1. The van der Waals surface area contributed by atoms with Crippen molar-refractivity contribution in [2.45, 2.75) is 18.9 Å². The van der Waals surface area contributed by atoms with E-state index >= 15 is 0 Å². The summed E-state index contributed by atoms with van der Waals surface area (Å²) < 4.78 is 33.5. The van der Waals surface area contributed by atoms with E-state index < -0.39 is 26.9 Å². The average Bonchev–Trinajstić information content (AvgIpc) is 2.78. The molecule has 1 fully saturated rings. The first kappa shape index (κ1) is 16.5. The molecular formula is C16H17NO6S. The van der Waals surface area contributed by atoms with Crippen LogP contribution in [0.25, 0.3) is 11.0 Å². The highest BCUT2D eigenvalue weighted by atomic mass is 32.2. The average molecular weight is 351 g/mol. The molecule has 0 saturated carbocycles. The monoisotopic (exact) mass is 351 g/mol. The Bertz CT molecular complexity index is 948. The van der Waals surface area contributed by atoms with Gasteiger partial charge in [0.2, 0.25) is 0 Å². The molecule has 1 aliphatic rings. The van der Waals surface area contributed by atoms with Crippen molar-refractivity contribution < 1.29 is 22.4 Å². The van der Waals surface area contributed by atoms with Crippen LogP contribution in [0.4, 0.5) is 0 Å². The molecule has 3 rings (SSSR count). The molecule has 2 heterocycles. The summed E-state index contributed by atoms with van der Waals surface area (Å²) in [6.45, 7) is 1.46. The van der Waals surface area contributed by atoms with Gasteiger partial charge in [-0.1, -0.05) is 0 Å². The second-order valence-electron chi connectivity index (χ2n) is 6.19. The lowest BCUT2D eigenvalue weighted by atomic mass is 10.0. The molecule has 0 aliphatic carbocycles. The minimum Gasteiger partial charge on any atom is -0.484 e. The SMILES string of the molecule is C[C@@]1(NC(=O)COc2ccc3ccc(=O)oc3c2)CCS(=O)(=O)C1. The lowest BCUT2D eigenvalue weighted by Gasteiger charge is -2.23. The molecule has 1 atom stereocenters. The Morgan fingerprint density at radius 3 is 2.79 bits per heavy atom. The van der Waals surface area contributed by atoms with Crippen molar-refractivity contribution in [3.8, 4) is 5.75 Å². The highest BCUT2D eigenvalue weighted by Crippen LogP contribution is 2.23. The van der Waals surface area contributed by atoms with E-state index in [0.717, 1.165) is 5.39 Å². The number of ether oxygens (including phenoxy) is 1. The van der Waals surface area contributed by atoms with Gasteiger partial charge < -0.3 is 14.5 Å². The van der Waals surface area contributed by atoms with Crippen LogP contribution in [0.2, 0.25) is 0 Å². The van der Waals surface area contributed by atoms with Crippen LogP contribution in [0.15, 0.2) is 39.5 Å². The normalized spacial score (nSPS) is 22.4. The molecule has 24 heavy (non-hydrogen) atoms. The zero-order chi connectivity index (χ0) is 17.4. The molecule has 0 bridgehead atoms. The van der Waals surface area contributed by atoms with Crippen LogP contribution in [0, 0.1) is 0 Å². The second-order valence-corrected chi connectivity index (χ2v) is 8.38. The largest absolute Gasteiger partial charge is 0.484 e. The number of amides is 1. The quantitative estimate of drug-likeness (QED) is 0.820. The van der Waals surface area contributed by atoms with Gasteiger partial charge in [-0.3, -0.25) is 4.79 Å². The fourth-order valence-electron chi connectivity index (χ4n) is 2.76. The molecule has 8 heteroatoms. The molecule has 1 amide bonds. The molecule has 7 nitrogen and oxygen atoms in total. The first-order chi connectivity index (χ1) is 11.2. The van der Waals surface area contributed by atoms with E-state index in [-0.39, 0.29) is 18.1 Å². The van der Waals surface area contributed by atoms with E-state index in [0.29, 0.717) is 17.8 Å². The number of hydrogen-bond donors (Lipinski definition) is 1. The third-order valence-electron chi connectivity index (χ3n) is 3.91. The molecule has 0 radical (unpaired) electrons. The fraction of sp³-hybridized carbons (Fsp3) is 0.375. The van der Waals surface area contributed by atoms with Crippen molar-refractivity contribution >= 4 is 26.7 Å². The minimum absolute atomic E-state index is 0.0626. The summed E-state index contributed by atoms with van der Waals surface area (Å²) in [5.74, 6) is 0.00158.